The molecule has 25 N–H and O–H groups in total. The van der Waals surface area contributed by atoms with E-state index in [0.717, 1.165) is 40.2 Å². The van der Waals surface area contributed by atoms with Crippen molar-refractivity contribution in [2.75, 3.05) is 43.5 Å². The molecule has 0 radical (unpaired) electrons. The van der Waals surface area contributed by atoms with E-state index >= 15 is 38.4 Å². The van der Waals surface area contributed by atoms with Gasteiger partial charge in [-0.25, -0.2) is 0 Å². The normalized spacial score (nSPS) is 24.6. The summed E-state index contributed by atoms with van der Waals surface area (Å²) in [6.45, 7) is 7.56. The molecule has 15 amide bonds. The molecule has 4 bridgehead atoms. The third kappa shape index (κ3) is 33.2. The van der Waals surface area contributed by atoms with Gasteiger partial charge in [-0.15, -0.1) is 0 Å². The number of hydrogen-bond acceptors (Lipinski definition) is 26. The lowest BCUT2D eigenvalue weighted by atomic mass is 9.97. The number of thioether (sulfide) groups is 3. The largest absolute Gasteiger partial charge is 0.508 e. The highest BCUT2D eigenvalue weighted by molar-refractivity contribution is 7.99. The number of aromatic hydroxyl groups is 3. The number of aliphatic hydroxyl groups is 1. The van der Waals surface area contributed by atoms with E-state index in [-0.39, 0.29) is 142 Å². The molecule has 139 heavy (non-hydrogen) atoms. The number of benzene rings is 5. The van der Waals surface area contributed by atoms with Crippen molar-refractivity contribution in [2.45, 2.75) is 233 Å². The number of phenols is 3. The minimum Gasteiger partial charge on any atom is -0.508 e. The van der Waals surface area contributed by atoms with Crippen LogP contribution in [0.1, 0.15) is 132 Å². The second-order valence-electron chi connectivity index (χ2n) is 35.2. The Morgan fingerprint density at radius 2 is 0.899 bits per heavy atom. The maximum absolute atomic E-state index is 15.8. The molecule has 9 rings (SSSR count). The number of phenolic OH excluding ortho intramolecular Hbond substituents is 3. The van der Waals surface area contributed by atoms with Crippen molar-refractivity contribution in [1.82, 2.24) is 84.2 Å². The van der Waals surface area contributed by atoms with Crippen LogP contribution in [0, 0.1) is 17.2 Å². The molecular weight excluding hydrogens is 1860 g/mol. The Labute approximate surface area is 815 Å². The van der Waals surface area contributed by atoms with E-state index in [1.54, 1.807) is 76.2 Å². The van der Waals surface area contributed by atoms with Gasteiger partial charge >= 0.3 is 11.9 Å². The third-order valence-corrected chi connectivity index (χ3v) is 27.2. The van der Waals surface area contributed by atoms with Crippen molar-refractivity contribution >= 4 is 142 Å². The molecule has 45 heteroatoms. The number of carbonyl (C=O) groups is 17. The van der Waals surface area contributed by atoms with Crippen molar-refractivity contribution in [3.63, 3.8) is 0 Å². The van der Waals surface area contributed by atoms with E-state index in [2.05, 4.69) is 74.4 Å². The standard InChI is InChI=1S/C94H125N19O23S3/c1-7-50(4)77-90(132)109-70(84(126)99-52(6)93(135)136)46-137-43-57-34-58-36-59(35-57)45-139-48-72(86(128)110-76(49(2)3)89(131)103-65(38-55-21-27-61(116)28-22-55)81(123)104-68(40-56-23-29-62(117)30-24-56)92(134)113-33-13-18-74(113)88(130)102-66(41-75(118)119)82(124)111-77)108-79(121)63(16-11-31-98-94(96)97)100-80(122)64(37-54-19-25-60(115)26-20-54)101-87(129)73-17-12-32-112(73)91(133)67(39-53-14-9-8-10-15-53)105-83(125)69(42-114)106-85(127)71(47-138-44-58)107-78(120)51(5)95/h8-10,14-15,19-30,34-36,49-52,63-74,76-77,114-117H,7,11-13,16-18,31-33,37-48,95H2,1-6H3,(H,99,126)(H,100,122)(H,101,129)(H,102,130)(H,103,131)(H,104,123)(H,105,125)(H,106,127)(H,107,120)(H,108,121)(H,109,132)(H,110,128)(H,111,124)(H,118,119)(H,135,136)(H4,96,97,98)/t50-,51-,52-,63-,64-,65-,66-,67-,68-,69-,70-,71-,72-,73-,74-,76-,77-/m0/s1. The molecule has 42 nitrogen and oxygen atoms in total. The zero-order chi connectivity index (χ0) is 101. The fourth-order valence-electron chi connectivity index (χ4n) is 16.0. The number of rotatable bonds is 23. The van der Waals surface area contributed by atoms with Gasteiger partial charge in [-0.1, -0.05) is 119 Å². The first-order valence-corrected chi connectivity index (χ1v) is 49.3. The fourth-order valence-corrected chi connectivity index (χ4v) is 19.0. The zero-order valence-electron chi connectivity index (χ0n) is 77.9. The van der Waals surface area contributed by atoms with Gasteiger partial charge in [0.2, 0.25) is 88.6 Å². The highest BCUT2D eigenvalue weighted by Crippen LogP contribution is 2.29. The molecule has 4 heterocycles. The maximum Gasteiger partial charge on any atom is 0.325 e. The van der Waals surface area contributed by atoms with Gasteiger partial charge in [0.25, 0.3) is 0 Å². The first-order valence-electron chi connectivity index (χ1n) is 45.8. The van der Waals surface area contributed by atoms with Crippen LogP contribution in [0.4, 0.5) is 0 Å². The summed E-state index contributed by atoms with van der Waals surface area (Å²) >= 11 is 3.20. The summed E-state index contributed by atoms with van der Waals surface area (Å²) in [4.78, 5) is 253. The average Bonchev–Trinajstić information content (AvgIpc) is 1.72. The molecule has 17 atom stereocenters. The number of nitrogens with one attached hydrogen (secondary N) is 15. The van der Waals surface area contributed by atoms with Crippen molar-refractivity contribution in [1.29, 1.82) is 5.41 Å². The number of carboxylic acids is 2. The van der Waals surface area contributed by atoms with Gasteiger partial charge in [-0.3, -0.25) is 86.9 Å². The number of carbonyl (C=O) groups excluding carboxylic acids is 15. The van der Waals surface area contributed by atoms with Crippen LogP contribution in [0.2, 0.25) is 0 Å². The maximum atomic E-state index is 15.8. The van der Waals surface area contributed by atoms with E-state index in [4.69, 9.17) is 16.9 Å². The average molecular weight is 1990 g/mol. The van der Waals surface area contributed by atoms with Crippen LogP contribution in [-0.2, 0) is 124 Å². The molecular formula is C94H125N19O23S3. The molecule has 5 aromatic carbocycles. The second kappa shape index (κ2) is 53.0. The summed E-state index contributed by atoms with van der Waals surface area (Å²) in [5, 5.41) is 108. The summed E-state index contributed by atoms with van der Waals surface area (Å²) < 4.78 is 0. The van der Waals surface area contributed by atoms with Gasteiger partial charge in [-0.2, -0.15) is 35.3 Å². The minimum absolute atomic E-state index is 0.00415. The van der Waals surface area contributed by atoms with Crippen LogP contribution >= 0.6 is 35.3 Å². The SMILES string of the molecule is CC[C@H](C)[C@@H]1NC(=O)[C@H](CC(=O)O)NC(=O)[C@@H]2CCCN2C(=O)[C@H](Cc2ccc(O)cc2)NC(=O)[C@H](Cc2ccc(O)cc2)NC(=O)[C@H](C(C)C)NC(=O)[C@@H]2CSCc3cc(cc(c3)CSC[C@@H](C(=O)N[C@@H](C)C(=O)O)NC1=O)CSC[C@H](NC(=O)[C@H](C)N)C(=O)N[C@@H](CO)C(=O)N[C@@H](Cc1ccccc1)C(=O)N1CCC[C@H]1C(=O)N[C@@H](Cc1ccc(O)cc1)C(=O)N[C@@H](CCCNC(=N)N)C(=O)N2. The molecule has 4 aliphatic heterocycles. The predicted octanol–water partition coefficient (Wildman–Crippen LogP) is -1.33. The number of aliphatic carboxylic acids is 2. The molecule has 0 aliphatic carbocycles. The zero-order valence-corrected chi connectivity index (χ0v) is 80.3. The molecule has 4 aliphatic rings. The van der Waals surface area contributed by atoms with Crippen LogP contribution in [0.3, 0.4) is 0 Å². The summed E-state index contributed by atoms with van der Waals surface area (Å²) in [7, 11) is 0. The van der Waals surface area contributed by atoms with Crippen LogP contribution in [-0.4, -0.2) is 287 Å². The lowest BCUT2D eigenvalue weighted by Gasteiger charge is -2.32. The molecule has 752 valence electrons. The first kappa shape index (κ1) is 109. The Morgan fingerprint density at radius 3 is 1.37 bits per heavy atom. The second-order valence-corrected chi connectivity index (χ2v) is 38.3. The molecule has 0 aromatic heterocycles. The summed E-state index contributed by atoms with van der Waals surface area (Å²) in [5.41, 5.74) is 14.9. The Balaban J connectivity index is 1.20. The number of aliphatic hydroxyl groups excluding tert-OH is 1. The molecule has 0 saturated carbocycles. The number of amides is 15. The van der Waals surface area contributed by atoms with Crippen LogP contribution in [0.25, 0.3) is 0 Å². The van der Waals surface area contributed by atoms with Crippen molar-refractivity contribution < 1.29 is 112 Å². The molecule has 0 spiro atoms. The van der Waals surface area contributed by atoms with E-state index in [1.165, 1.54) is 91.5 Å². The Morgan fingerprint density at radius 1 is 0.482 bits per heavy atom. The van der Waals surface area contributed by atoms with E-state index in [1.807, 2.05) is 0 Å². The molecule has 5 aromatic rings. The van der Waals surface area contributed by atoms with Crippen molar-refractivity contribution in [2.24, 2.45) is 23.3 Å². The Hall–Kier alpha value is -13.3. The topological polar surface area (TPSA) is 662 Å². The number of nitrogens with zero attached hydrogens (tertiary/aromatic N) is 2. The molecule has 2 fully saturated rings. The first-order chi connectivity index (χ1) is 66.1. The summed E-state index contributed by atoms with van der Waals surface area (Å²) in [5.74, 6) is -21.4. The lowest BCUT2D eigenvalue weighted by Crippen LogP contribution is -2.62. The number of hydrogen-bond donors (Lipinski definition) is 23. The monoisotopic (exact) mass is 1980 g/mol. The fraction of sp³-hybridized carbons (Fsp3) is 0.489. The van der Waals surface area contributed by atoms with Crippen molar-refractivity contribution in [3.05, 3.63) is 160 Å². The van der Waals surface area contributed by atoms with E-state index in [9.17, 15) is 73.8 Å². The van der Waals surface area contributed by atoms with Crippen molar-refractivity contribution in [3.8, 4) is 17.2 Å². The highest BCUT2D eigenvalue weighted by atomic mass is 32.2. The van der Waals surface area contributed by atoms with Gasteiger partial charge in [-0.05, 0) is 140 Å². The smallest absolute Gasteiger partial charge is 0.325 e. The number of nitrogens with two attached hydrogens (primary N) is 2. The number of fused-ring (bicyclic) bond motifs is 7. The van der Waals surface area contributed by atoms with Gasteiger partial charge in [0.1, 0.15) is 108 Å². The quantitative estimate of drug-likeness (QED) is 0.0205. The van der Waals surface area contributed by atoms with Gasteiger partial charge in [0, 0.05) is 79.8 Å². The third-order valence-electron chi connectivity index (χ3n) is 23.9. The Bertz CT molecular complexity index is 5200. The predicted molar refractivity (Wildman–Crippen MR) is 515 cm³/mol. The van der Waals surface area contributed by atoms with Crippen LogP contribution in [0.15, 0.2) is 121 Å². The van der Waals surface area contributed by atoms with E-state index in [0.29, 0.717) is 38.9 Å². The number of guanidine groups is 1. The molecule has 0 unspecified atom stereocenters. The number of carboxylic acid groups (broad SMARTS) is 2. The van der Waals surface area contributed by atoms with Crippen LogP contribution in [0.5, 0.6) is 17.2 Å². The highest BCUT2D eigenvalue weighted by Gasteiger charge is 2.45. The minimum atomic E-state index is -1.95. The summed E-state index contributed by atoms with van der Waals surface area (Å²) in [6.07, 6.45) is -2.11. The van der Waals surface area contributed by atoms with Gasteiger partial charge in [0.15, 0.2) is 5.96 Å². The van der Waals surface area contributed by atoms with Gasteiger partial charge in [0.05, 0.1) is 19.1 Å². The van der Waals surface area contributed by atoms with Crippen LogP contribution < -0.4 is 85.9 Å². The molecule has 2 saturated heterocycles. The summed E-state index contributed by atoms with van der Waals surface area (Å²) in [6, 6.07) is 4.94. The van der Waals surface area contributed by atoms with Gasteiger partial charge < -0.3 is 126 Å². The van der Waals surface area contributed by atoms with E-state index < -0.39 is 228 Å². The Kier molecular flexibility index (Phi) is 41.7. The lowest BCUT2D eigenvalue weighted by molar-refractivity contribution is -0.144.